The molecular weight excluding hydrogens is 338 g/mol. The quantitative estimate of drug-likeness (QED) is 0.487. The van der Waals surface area contributed by atoms with Crippen LogP contribution in [0.3, 0.4) is 0 Å². The highest BCUT2D eigenvalue weighted by Crippen LogP contribution is 2.39. The molecule has 0 radical (unpaired) electrons. The number of rotatable bonds is 5. The van der Waals surface area contributed by atoms with E-state index in [9.17, 15) is 0 Å². The second-order valence-corrected chi connectivity index (χ2v) is 5.69. The van der Waals surface area contributed by atoms with E-state index in [-0.39, 0.29) is 0 Å². The molecule has 0 saturated carbocycles. The number of thiocarbonyl (C=S) groups is 1. The van der Waals surface area contributed by atoms with E-state index in [0.717, 1.165) is 11.1 Å². The Balaban J connectivity index is 1.57. The summed E-state index contributed by atoms with van der Waals surface area (Å²) in [4.78, 5) is 0. The van der Waals surface area contributed by atoms with Crippen molar-refractivity contribution in [2.75, 3.05) is 20.3 Å². The number of nitrogens with zero attached hydrogens (tertiary/aromatic N) is 1. The summed E-state index contributed by atoms with van der Waals surface area (Å²) < 4.78 is 16.5. The van der Waals surface area contributed by atoms with E-state index >= 15 is 0 Å². The number of benzene rings is 2. The van der Waals surface area contributed by atoms with Crippen LogP contribution in [-0.2, 0) is 6.54 Å². The van der Waals surface area contributed by atoms with E-state index in [4.69, 9.17) is 26.4 Å². The van der Waals surface area contributed by atoms with Gasteiger partial charge in [-0.3, -0.25) is 5.43 Å². The van der Waals surface area contributed by atoms with Gasteiger partial charge < -0.3 is 19.5 Å². The van der Waals surface area contributed by atoms with Crippen LogP contribution in [0.2, 0.25) is 0 Å². The van der Waals surface area contributed by atoms with Gasteiger partial charge in [-0.1, -0.05) is 30.3 Å². The normalized spacial score (nSPS) is 12.7. The van der Waals surface area contributed by atoms with Crippen molar-refractivity contribution in [2.45, 2.75) is 6.54 Å². The van der Waals surface area contributed by atoms with Crippen LogP contribution in [-0.4, -0.2) is 31.7 Å². The van der Waals surface area contributed by atoms with Gasteiger partial charge in [-0.05, 0) is 29.9 Å². The van der Waals surface area contributed by atoms with Crippen LogP contribution >= 0.6 is 12.2 Å². The van der Waals surface area contributed by atoms with Crippen molar-refractivity contribution in [3.8, 4) is 17.2 Å². The number of ether oxygens (including phenoxy) is 3. The number of fused-ring (bicyclic) bond motifs is 1. The molecule has 1 aliphatic rings. The molecule has 0 unspecified atom stereocenters. The van der Waals surface area contributed by atoms with Crippen molar-refractivity contribution in [1.82, 2.24) is 10.7 Å². The Morgan fingerprint density at radius 2 is 2.04 bits per heavy atom. The molecule has 2 aromatic rings. The van der Waals surface area contributed by atoms with Crippen LogP contribution in [0.4, 0.5) is 0 Å². The van der Waals surface area contributed by atoms with E-state index in [1.807, 2.05) is 42.5 Å². The summed E-state index contributed by atoms with van der Waals surface area (Å²) >= 11 is 5.21. The van der Waals surface area contributed by atoms with Gasteiger partial charge in [0.15, 0.2) is 16.6 Å². The molecule has 130 valence electrons. The van der Waals surface area contributed by atoms with E-state index in [0.29, 0.717) is 42.1 Å². The van der Waals surface area contributed by atoms with E-state index < -0.39 is 0 Å². The molecule has 6 nitrogen and oxygen atoms in total. The second kappa shape index (κ2) is 8.34. The first-order valence-electron chi connectivity index (χ1n) is 7.85. The number of hydrogen-bond acceptors (Lipinski definition) is 5. The minimum absolute atomic E-state index is 0.449. The molecule has 0 aromatic heterocycles. The van der Waals surface area contributed by atoms with Crippen molar-refractivity contribution in [3.63, 3.8) is 0 Å². The zero-order valence-electron chi connectivity index (χ0n) is 13.8. The molecule has 2 aromatic carbocycles. The number of hydrogen-bond donors (Lipinski definition) is 2. The zero-order valence-corrected chi connectivity index (χ0v) is 14.6. The maximum Gasteiger partial charge on any atom is 0.203 e. The predicted molar refractivity (Wildman–Crippen MR) is 101 cm³/mol. The third-order valence-electron chi connectivity index (χ3n) is 3.53. The fraction of sp³-hybridized carbons (Fsp3) is 0.222. The summed E-state index contributed by atoms with van der Waals surface area (Å²) in [5.41, 5.74) is 4.76. The molecule has 0 atom stereocenters. The maximum atomic E-state index is 5.60. The van der Waals surface area contributed by atoms with Gasteiger partial charge in [0.1, 0.15) is 13.2 Å². The summed E-state index contributed by atoms with van der Waals surface area (Å²) in [5, 5.41) is 7.69. The second-order valence-electron chi connectivity index (χ2n) is 5.29. The van der Waals surface area contributed by atoms with Crippen LogP contribution in [0.5, 0.6) is 17.2 Å². The smallest absolute Gasteiger partial charge is 0.203 e. The molecule has 25 heavy (non-hydrogen) atoms. The third-order valence-corrected chi connectivity index (χ3v) is 3.76. The number of nitrogens with one attached hydrogen (secondary N) is 2. The van der Waals surface area contributed by atoms with Crippen LogP contribution in [0.1, 0.15) is 11.1 Å². The first-order chi connectivity index (χ1) is 12.3. The lowest BCUT2D eigenvalue weighted by Gasteiger charge is -2.20. The molecule has 0 fully saturated rings. The summed E-state index contributed by atoms with van der Waals surface area (Å²) in [6.45, 7) is 1.67. The summed E-state index contributed by atoms with van der Waals surface area (Å²) in [5.74, 6) is 1.89. The Kier molecular flexibility index (Phi) is 5.69. The third kappa shape index (κ3) is 4.60. The first kappa shape index (κ1) is 17.0. The van der Waals surface area contributed by atoms with E-state index in [1.165, 1.54) is 0 Å². The summed E-state index contributed by atoms with van der Waals surface area (Å²) in [7, 11) is 1.59. The highest BCUT2D eigenvalue weighted by Gasteiger charge is 2.17. The molecule has 2 N–H and O–H groups in total. The largest absolute Gasteiger partial charge is 0.493 e. The number of hydrazone groups is 1. The van der Waals surface area contributed by atoms with Crippen LogP contribution < -0.4 is 25.0 Å². The van der Waals surface area contributed by atoms with E-state index in [1.54, 1.807) is 13.3 Å². The Labute approximate surface area is 151 Å². The molecule has 3 rings (SSSR count). The number of methoxy groups -OCH3 is 1. The Morgan fingerprint density at radius 1 is 1.24 bits per heavy atom. The first-order valence-corrected chi connectivity index (χ1v) is 8.25. The highest BCUT2D eigenvalue weighted by molar-refractivity contribution is 7.80. The highest BCUT2D eigenvalue weighted by atomic mass is 32.1. The average molecular weight is 357 g/mol. The Morgan fingerprint density at radius 3 is 2.84 bits per heavy atom. The van der Waals surface area contributed by atoms with Gasteiger partial charge in [0.05, 0.1) is 13.3 Å². The van der Waals surface area contributed by atoms with Crippen molar-refractivity contribution < 1.29 is 14.2 Å². The van der Waals surface area contributed by atoms with Crippen molar-refractivity contribution in [2.24, 2.45) is 5.10 Å². The lowest BCUT2D eigenvalue weighted by molar-refractivity contribution is 0.165. The van der Waals surface area contributed by atoms with Crippen molar-refractivity contribution in [1.29, 1.82) is 0 Å². The molecule has 0 saturated heterocycles. The average Bonchev–Trinajstić information content (AvgIpc) is 2.66. The van der Waals surface area contributed by atoms with Crippen LogP contribution in [0, 0.1) is 0 Å². The van der Waals surface area contributed by atoms with Gasteiger partial charge in [0, 0.05) is 12.1 Å². The van der Waals surface area contributed by atoms with Gasteiger partial charge in [0.2, 0.25) is 5.75 Å². The molecule has 1 aliphatic heterocycles. The van der Waals surface area contributed by atoms with Crippen LogP contribution in [0.15, 0.2) is 47.6 Å². The van der Waals surface area contributed by atoms with Gasteiger partial charge >= 0.3 is 0 Å². The maximum absolute atomic E-state index is 5.60. The molecule has 0 spiro atoms. The lowest BCUT2D eigenvalue weighted by Crippen LogP contribution is -2.31. The molecule has 0 aliphatic carbocycles. The topological polar surface area (TPSA) is 64.1 Å². The molecular formula is C18H19N3O3S. The fourth-order valence-electron chi connectivity index (χ4n) is 2.35. The molecule has 7 heteroatoms. The Bertz CT molecular complexity index is 748. The standard InChI is InChI=1S/C18H19N3O3S/c1-22-15-9-14(10-16-17(15)24-8-7-23-16)12-20-21-18(25)19-11-13-5-3-2-4-6-13/h2-6,9-10,12H,7-8,11H2,1H3,(H2,19,21,25)/b20-12-. The molecule has 0 bridgehead atoms. The molecule has 1 heterocycles. The zero-order chi connectivity index (χ0) is 17.5. The SMILES string of the molecule is COc1cc(/C=N\NC(=S)NCc2ccccc2)cc2c1OCCO2. The van der Waals surface area contributed by atoms with E-state index in [2.05, 4.69) is 15.8 Å². The van der Waals surface area contributed by atoms with Crippen molar-refractivity contribution in [3.05, 3.63) is 53.6 Å². The van der Waals surface area contributed by atoms with Gasteiger partial charge in [0.25, 0.3) is 0 Å². The predicted octanol–water partition coefficient (Wildman–Crippen LogP) is 2.46. The van der Waals surface area contributed by atoms with Crippen molar-refractivity contribution >= 4 is 23.5 Å². The Hall–Kier alpha value is -2.80. The monoisotopic (exact) mass is 357 g/mol. The minimum atomic E-state index is 0.449. The molecule has 0 amide bonds. The van der Waals surface area contributed by atoms with Gasteiger partial charge in [-0.15, -0.1) is 0 Å². The summed E-state index contributed by atoms with van der Waals surface area (Å²) in [6.07, 6.45) is 1.65. The fourth-order valence-corrected chi connectivity index (χ4v) is 2.48. The summed E-state index contributed by atoms with van der Waals surface area (Å²) in [6, 6.07) is 13.7. The van der Waals surface area contributed by atoms with Gasteiger partial charge in [-0.25, -0.2) is 0 Å². The van der Waals surface area contributed by atoms with Crippen LogP contribution in [0.25, 0.3) is 0 Å². The van der Waals surface area contributed by atoms with Gasteiger partial charge in [-0.2, -0.15) is 5.10 Å². The lowest BCUT2D eigenvalue weighted by atomic mass is 10.2. The minimum Gasteiger partial charge on any atom is -0.493 e.